The molecule has 6 heteroatoms. The summed E-state index contributed by atoms with van der Waals surface area (Å²) in [5.41, 5.74) is 7.87. The predicted molar refractivity (Wildman–Crippen MR) is 96.6 cm³/mol. The molecule has 3 N–H and O–H groups in total. The number of hydrogen-bond acceptors (Lipinski definition) is 5. The predicted octanol–water partition coefficient (Wildman–Crippen LogP) is 1.89. The Morgan fingerprint density at radius 3 is 2.68 bits per heavy atom. The maximum atomic E-state index is 12.5. The molecule has 0 radical (unpaired) electrons. The van der Waals surface area contributed by atoms with Crippen molar-refractivity contribution in [3.05, 3.63) is 66.0 Å². The average molecular weight is 333 g/mol. The zero-order valence-electron chi connectivity index (χ0n) is 13.7. The number of carbonyl (C=O) groups excluding carboxylic acids is 1. The molecule has 1 amide bonds. The molecule has 2 heterocycles. The van der Waals surface area contributed by atoms with Crippen LogP contribution in [0.5, 0.6) is 0 Å². The van der Waals surface area contributed by atoms with Crippen LogP contribution in [0.2, 0.25) is 0 Å². The molecule has 4 rings (SSSR count). The number of nitrogens with two attached hydrogens (primary N) is 1. The van der Waals surface area contributed by atoms with Crippen LogP contribution >= 0.6 is 0 Å². The van der Waals surface area contributed by atoms with Gasteiger partial charge in [0.15, 0.2) is 0 Å². The molecule has 1 fully saturated rings. The number of rotatable bonds is 3. The molecule has 2 aromatic carbocycles. The summed E-state index contributed by atoms with van der Waals surface area (Å²) in [6, 6.07) is 17.1. The van der Waals surface area contributed by atoms with Gasteiger partial charge in [0.2, 0.25) is 5.91 Å². The maximum Gasteiger partial charge on any atom is 0.242 e. The summed E-state index contributed by atoms with van der Waals surface area (Å²) >= 11 is 0. The standard InChI is InChI=1S/C19H19N5O/c20-18-14-8-4-5-9-15(14)22-16(23-18)12-24-11-10-21-19(25)17(24)13-6-2-1-3-7-13/h1-9,17H,10-12H2,(H,21,25)(H2,20,22,23). The number of amides is 1. The summed E-state index contributed by atoms with van der Waals surface area (Å²) in [7, 11) is 0. The third kappa shape index (κ3) is 3.04. The largest absolute Gasteiger partial charge is 0.383 e. The fourth-order valence-corrected chi connectivity index (χ4v) is 3.29. The van der Waals surface area contributed by atoms with Gasteiger partial charge >= 0.3 is 0 Å². The number of hydrogen-bond donors (Lipinski definition) is 2. The number of aromatic nitrogens is 2. The van der Waals surface area contributed by atoms with Crippen LogP contribution in [0.1, 0.15) is 17.4 Å². The second kappa shape index (κ2) is 6.49. The molecule has 0 aliphatic carbocycles. The average Bonchev–Trinajstić information content (AvgIpc) is 2.63. The van der Waals surface area contributed by atoms with E-state index in [1.165, 1.54) is 0 Å². The molecule has 1 unspecified atom stereocenters. The zero-order chi connectivity index (χ0) is 17.2. The second-order valence-electron chi connectivity index (χ2n) is 6.12. The highest BCUT2D eigenvalue weighted by atomic mass is 16.2. The van der Waals surface area contributed by atoms with Crippen LogP contribution in [-0.4, -0.2) is 33.9 Å². The Bertz CT molecular complexity index is 912. The summed E-state index contributed by atoms with van der Waals surface area (Å²) in [6.45, 7) is 1.83. The lowest BCUT2D eigenvalue weighted by Crippen LogP contribution is -2.49. The Kier molecular flexibility index (Phi) is 4.03. The zero-order valence-corrected chi connectivity index (χ0v) is 13.7. The van der Waals surface area contributed by atoms with Gasteiger partial charge in [0, 0.05) is 18.5 Å². The van der Waals surface area contributed by atoms with Crippen molar-refractivity contribution < 1.29 is 4.79 Å². The van der Waals surface area contributed by atoms with Crippen molar-refractivity contribution in [3.8, 4) is 0 Å². The Labute approximate surface area is 145 Å². The lowest BCUT2D eigenvalue weighted by atomic mass is 10.0. The van der Waals surface area contributed by atoms with Crippen molar-refractivity contribution in [2.75, 3.05) is 18.8 Å². The lowest BCUT2D eigenvalue weighted by molar-refractivity contribution is -0.129. The molecule has 3 aromatic rings. The van der Waals surface area contributed by atoms with E-state index in [0.717, 1.165) is 23.0 Å². The Morgan fingerprint density at radius 1 is 1.08 bits per heavy atom. The first-order valence-electron chi connectivity index (χ1n) is 8.30. The number of benzene rings is 2. The van der Waals surface area contributed by atoms with Crippen LogP contribution in [-0.2, 0) is 11.3 Å². The minimum atomic E-state index is -0.341. The quantitative estimate of drug-likeness (QED) is 0.764. The van der Waals surface area contributed by atoms with E-state index in [1.807, 2.05) is 54.6 Å². The number of piperazine rings is 1. The third-order valence-corrected chi connectivity index (χ3v) is 4.45. The monoisotopic (exact) mass is 333 g/mol. The number of nitrogen functional groups attached to an aromatic ring is 1. The van der Waals surface area contributed by atoms with E-state index in [1.54, 1.807) is 0 Å². The molecule has 0 bridgehead atoms. The minimum absolute atomic E-state index is 0.00575. The van der Waals surface area contributed by atoms with Crippen LogP contribution in [0, 0.1) is 0 Å². The van der Waals surface area contributed by atoms with E-state index < -0.39 is 0 Å². The highest BCUT2D eigenvalue weighted by molar-refractivity contribution is 5.87. The summed E-state index contributed by atoms with van der Waals surface area (Å²) < 4.78 is 0. The SMILES string of the molecule is Nc1nc(CN2CCNC(=O)C2c2ccccc2)nc2ccccc12. The van der Waals surface area contributed by atoms with Crippen molar-refractivity contribution in [1.82, 2.24) is 20.2 Å². The first-order valence-corrected chi connectivity index (χ1v) is 8.30. The Hall–Kier alpha value is -2.99. The number of anilines is 1. The molecule has 1 atom stereocenters. The summed E-state index contributed by atoms with van der Waals surface area (Å²) in [5.74, 6) is 1.11. The van der Waals surface area contributed by atoms with E-state index in [-0.39, 0.29) is 11.9 Å². The topological polar surface area (TPSA) is 84.1 Å². The summed E-state index contributed by atoms with van der Waals surface area (Å²) in [4.78, 5) is 23.6. The van der Waals surface area contributed by atoms with E-state index in [0.29, 0.717) is 24.7 Å². The van der Waals surface area contributed by atoms with E-state index >= 15 is 0 Å². The first kappa shape index (κ1) is 15.5. The number of nitrogens with one attached hydrogen (secondary N) is 1. The maximum absolute atomic E-state index is 12.5. The number of fused-ring (bicyclic) bond motifs is 1. The highest BCUT2D eigenvalue weighted by Gasteiger charge is 2.31. The molecular formula is C19H19N5O. The van der Waals surface area contributed by atoms with Crippen LogP contribution < -0.4 is 11.1 Å². The van der Waals surface area contributed by atoms with Gasteiger partial charge in [-0.2, -0.15) is 0 Å². The normalized spacial score (nSPS) is 18.2. The van der Waals surface area contributed by atoms with Gasteiger partial charge in [0.25, 0.3) is 0 Å². The molecule has 1 aliphatic heterocycles. The van der Waals surface area contributed by atoms with Crippen LogP contribution in [0.4, 0.5) is 5.82 Å². The highest BCUT2D eigenvalue weighted by Crippen LogP contribution is 2.25. The van der Waals surface area contributed by atoms with Gasteiger partial charge in [0.05, 0.1) is 12.1 Å². The second-order valence-corrected chi connectivity index (χ2v) is 6.12. The van der Waals surface area contributed by atoms with Gasteiger partial charge in [-0.05, 0) is 17.7 Å². The Morgan fingerprint density at radius 2 is 1.84 bits per heavy atom. The van der Waals surface area contributed by atoms with Gasteiger partial charge < -0.3 is 11.1 Å². The molecule has 25 heavy (non-hydrogen) atoms. The number of carbonyl (C=O) groups is 1. The fourth-order valence-electron chi connectivity index (χ4n) is 3.29. The fraction of sp³-hybridized carbons (Fsp3) is 0.211. The van der Waals surface area contributed by atoms with Crippen molar-refractivity contribution in [2.24, 2.45) is 0 Å². The molecule has 0 saturated carbocycles. The van der Waals surface area contributed by atoms with E-state index in [9.17, 15) is 4.79 Å². The first-order chi connectivity index (χ1) is 12.2. The van der Waals surface area contributed by atoms with Crippen molar-refractivity contribution in [2.45, 2.75) is 12.6 Å². The van der Waals surface area contributed by atoms with Crippen LogP contribution in [0.25, 0.3) is 10.9 Å². The third-order valence-electron chi connectivity index (χ3n) is 4.45. The van der Waals surface area contributed by atoms with E-state index in [2.05, 4.69) is 20.2 Å². The van der Waals surface area contributed by atoms with Gasteiger partial charge in [-0.3, -0.25) is 9.69 Å². The molecule has 6 nitrogen and oxygen atoms in total. The molecule has 0 spiro atoms. The van der Waals surface area contributed by atoms with Gasteiger partial charge in [-0.25, -0.2) is 9.97 Å². The van der Waals surface area contributed by atoms with Crippen molar-refractivity contribution >= 4 is 22.6 Å². The lowest BCUT2D eigenvalue weighted by Gasteiger charge is -2.34. The number of para-hydroxylation sites is 1. The molecular weight excluding hydrogens is 314 g/mol. The van der Waals surface area contributed by atoms with Crippen LogP contribution in [0.3, 0.4) is 0 Å². The summed E-state index contributed by atoms with van der Waals surface area (Å²) in [6.07, 6.45) is 0. The Balaban J connectivity index is 1.67. The van der Waals surface area contributed by atoms with E-state index in [4.69, 9.17) is 5.73 Å². The van der Waals surface area contributed by atoms with Gasteiger partial charge in [-0.1, -0.05) is 42.5 Å². The van der Waals surface area contributed by atoms with Crippen molar-refractivity contribution in [3.63, 3.8) is 0 Å². The smallest absolute Gasteiger partial charge is 0.242 e. The van der Waals surface area contributed by atoms with Gasteiger partial charge in [-0.15, -0.1) is 0 Å². The number of nitrogens with zero attached hydrogens (tertiary/aromatic N) is 3. The molecule has 1 aliphatic rings. The molecule has 1 aromatic heterocycles. The van der Waals surface area contributed by atoms with Crippen LogP contribution in [0.15, 0.2) is 54.6 Å². The molecule has 126 valence electrons. The molecule has 1 saturated heterocycles. The van der Waals surface area contributed by atoms with Gasteiger partial charge in [0.1, 0.15) is 17.7 Å². The summed E-state index contributed by atoms with van der Waals surface area (Å²) in [5, 5.41) is 3.79. The van der Waals surface area contributed by atoms with Crippen molar-refractivity contribution in [1.29, 1.82) is 0 Å². The minimum Gasteiger partial charge on any atom is -0.383 e.